The Hall–Kier alpha value is -1.64. The third-order valence-corrected chi connectivity index (χ3v) is 3.16. The number of fused-ring (bicyclic) bond motifs is 1. The molecule has 1 aliphatic rings. The molecule has 1 atom stereocenters. The van der Waals surface area contributed by atoms with Gasteiger partial charge < -0.3 is 4.74 Å². The molecule has 0 fully saturated rings. The lowest BCUT2D eigenvalue weighted by Gasteiger charge is -2.26. The molecule has 0 spiro atoms. The molecule has 0 aliphatic heterocycles. The van der Waals surface area contributed by atoms with E-state index in [0.29, 0.717) is 12.0 Å². The fraction of sp³-hybridized carbons (Fsp3) is 0.467. The van der Waals surface area contributed by atoms with Crippen LogP contribution in [0, 0.1) is 5.41 Å². The number of esters is 1. The Labute approximate surface area is 107 Å². The summed E-state index contributed by atoms with van der Waals surface area (Å²) >= 11 is 0. The highest BCUT2D eigenvalue weighted by Crippen LogP contribution is 2.38. The zero-order valence-electron chi connectivity index (χ0n) is 11.2. The van der Waals surface area contributed by atoms with Crippen LogP contribution in [0.15, 0.2) is 24.3 Å². The van der Waals surface area contributed by atoms with Crippen LogP contribution in [0.4, 0.5) is 0 Å². The van der Waals surface area contributed by atoms with Gasteiger partial charge in [0.15, 0.2) is 5.78 Å². The molecule has 0 saturated heterocycles. The van der Waals surface area contributed by atoms with Crippen LogP contribution in [0.3, 0.4) is 0 Å². The topological polar surface area (TPSA) is 43.4 Å². The highest BCUT2D eigenvalue weighted by molar-refractivity contribution is 6.15. The summed E-state index contributed by atoms with van der Waals surface area (Å²) in [5.74, 6) is -0.566. The molecule has 18 heavy (non-hydrogen) atoms. The summed E-state index contributed by atoms with van der Waals surface area (Å²) in [5.41, 5.74) is -0.0757. The zero-order chi connectivity index (χ0) is 13.6. The van der Waals surface area contributed by atoms with Gasteiger partial charge in [-0.2, -0.15) is 0 Å². The van der Waals surface area contributed by atoms with Crippen molar-refractivity contribution >= 4 is 11.8 Å². The maximum atomic E-state index is 12.3. The predicted octanol–water partition coefficient (Wildman–Crippen LogP) is 2.77. The second kappa shape index (κ2) is 3.94. The van der Waals surface area contributed by atoms with Gasteiger partial charge in [-0.05, 0) is 39.7 Å². The number of carbonyl (C=O) groups excluding carboxylic acids is 2. The van der Waals surface area contributed by atoms with Crippen molar-refractivity contribution in [2.24, 2.45) is 5.41 Å². The number of ketones is 1. The highest BCUT2D eigenvalue weighted by Gasteiger charge is 2.49. The van der Waals surface area contributed by atoms with Crippen LogP contribution in [0.25, 0.3) is 0 Å². The minimum Gasteiger partial charge on any atom is -0.459 e. The molecule has 0 radical (unpaired) electrons. The van der Waals surface area contributed by atoms with Crippen molar-refractivity contribution in [3.05, 3.63) is 35.4 Å². The quantitative estimate of drug-likeness (QED) is 0.565. The fourth-order valence-corrected chi connectivity index (χ4v) is 2.21. The largest absolute Gasteiger partial charge is 0.459 e. The Morgan fingerprint density at radius 1 is 1.28 bits per heavy atom. The Balaban J connectivity index is 2.31. The van der Waals surface area contributed by atoms with E-state index < -0.39 is 17.0 Å². The molecule has 96 valence electrons. The van der Waals surface area contributed by atoms with Crippen molar-refractivity contribution in [1.82, 2.24) is 0 Å². The number of rotatable bonds is 1. The molecule has 1 aromatic carbocycles. The molecule has 0 saturated carbocycles. The number of carbonyl (C=O) groups is 2. The highest BCUT2D eigenvalue weighted by atomic mass is 16.6. The van der Waals surface area contributed by atoms with E-state index in [1.165, 1.54) is 0 Å². The molecule has 0 amide bonds. The van der Waals surface area contributed by atoms with E-state index in [0.717, 1.165) is 5.56 Å². The molecule has 2 rings (SSSR count). The average Bonchev–Trinajstić information content (AvgIpc) is 2.51. The van der Waals surface area contributed by atoms with Crippen LogP contribution in [0.1, 0.15) is 43.6 Å². The smallest absolute Gasteiger partial charge is 0.320 e. The Kier molecular flexibility index (Phi) is 2.80. The van der Waals surface area contributed by atoms with Gasteiger partial charge in [-0.15, -0.1) is 0 Å². The van der Waals surface area contributed by atoms with Crippen LogP contribution < -0.4 is 0 Å². The minimum atomic E-state index is -1.07. The van der Waals surface area contributed by atoms with Crippen LogP contribution in [0.5, 0.6) is 0 Å². The van der Waals surface area contributed by atoms with Gasteiger partial charge in [-0.25, -0.2) is 0 Å². The molecule has 1 aliphatic carbocycles. The number of hydrogen-bond acceptors (Lipinski definition) is 3. The van der Waals surface area contributed by atoms with Crippen molar-refractivity contribution in [3.8, 4) is 0 Å². The van der Waals surface area contributed by atoms with Crippen LogP contribution in [-0.2, 0) is 16.0 Å². The van der Waals surface area contributed by atoms with Crippen molar-refractivity contribution in [1.29, 1.82) is 0 Å². The molecule has 0 aromatic heterocycles. The lowest BCUT2D eigenvalue weighted by molar-refractivity contribution is -0.163. The number of hydrogen-bond donors (Lipinski definition) is 0. The van der Waals surface area contributed by atoms with Gasteiger partial charge in [0.25, 0.3) is 0 Å². The maximum Gasteiger partial charge on any atom is 0.320 e. The van der Waals surface area contributed by atoms with Crippen molar-refractivity contribution in [2.75, 3.05) is 0 Å². The summed E-state index contributed by atoms with van der Waals surface area (Å²) in [6, 6.07) is 7.36. The van der Waals surface area contributed by atoms with E-state index in [1.54, 1.807) is 33.8 Å². The normalized spacial score (nSPS) is 22.8. The van der Waals surface area contributed by atoms with Gasteiger partial charge in [0, 0.05) is 5.56 Å². The summed E-state index contributed by atoms with van der Waals surface area (Å²) in [4.78, 5) is 24.6. The van der Waals surface area contributed by atoms with Crippen LogP contribution >= 0.6 is 0 Å². The summed E-state index contributed by atoms with van der Waals surface area (Å²) in [6.07, 6.45) is 0.428. The first kappa shape index (κ1) is 12.8. The van der Waals surface area contributed by atoms with Gasteiger partial charge in [0.05, 0.1) is 0 Å². The lowest BCUT2D eigenvalue weighted by Crippen LogP contribution is -2.39. The molecule has 0 unspecified atom stereocenters. The van der Waals surface area contributed by atoms with Crippen LogP contribution in [-0.4, -0.2) is 17.4 Å². The van der Waals surface area contributed by atoms with E-state index in [9.17, 15) is 9.59 Å². The van der Waals surface area contributed by atoms with E-state index >= 15 is 0 Å². The molecule has 0 N–H and O–H groups in total. The zero-order valence-corrected chi connectivity index (χ0v) is 11.2. The Morgan fingerprint density at radius 2 is 1.89 bits per heavy atom. The summed E-state index contributed by atoms with van der Waals surface area (Å²) < 4.78 is 5.37. The van der Waals surface area contributed by atoms with E-state index in [-0.39, 0.29) is 5.78 Å². The summed E-state index contributed by atoms with van der Waals surface area (Å²) in [7, 11) is 0. The van der Waals surface area contributed by atoms with Gasteiger partial charge in [-0.3, -0.25) is 9.59 Å². The van der Waals surface area contributed by atoms with Gasteiger partial charge in [-0.1, -0.05) is 24.3 Å². The van der Waals surface area contributed by atoms with Gasteiger partial charge in [0.2, 0.25) is 0 Å². The molecular formula is C15H18O3. The fourth-order valence-electron chi connectivity index (χ4n) is 2.21. The first-order valence-corrected chi connectivity index (χ1v) is 6.10. The minimum absolute atomic E-state index is 0.132. The van der Waals surface area contributed by atoms with E-state index in [2.05, 4.69) is 0 Å². The van der Waals surface area contributed by atoms with Crippen molar-refractivity contribution in [2.45, 2.75) is 39.7 Å². The molecule has 1 aromatic rings. The standard InChI is InChI=1S/C15H18O3/c1-14(2,3)18-13(17)15(4)9-10-7-5-6-8-11(10)12(15)16/h5-8H,9H2,1-4H3/t15-/m1/s1. The molecular weight excluding hydrogens is 228 g/mol. The average molecular weight is 246 g/mol. The van der Waals surface area contributed by atoms with Crippen LogP contribution in [0.2, 0.25) is 0 Å². The first-order chi connectivity index (χ1) is 8.24. The molecule has 0 bridgehead atoms. The number of Topliss-reactive ketones (excluding diaryl/α,β-unsaturated/α-hetero) is 1. The summed E-state index contributed by atoms with van der Waals surface area (Å²) in [5, 5.41) is 0. The van der Waals surface area contributed by atoms with Gasteiger partial charge >= 0.3 is 5.97 Å². The number of ether oxygens (including phenoxy) is 1. The summed E-state index contributed by atoms with van der Waals surface area (Å²) in [6.45, 7) is 7.09. The predicted molar refractivity (Wildman–Crippen MR) is 68.4 cm³/mol. The second-order valence-electron chi connectivity index (χ2n) is 6.00. The first-order valence-electron chi connectivity index (χ1n) is 6.10. The number of benzene rings is 1. The molecule has 0 heterocycles. The van der Waals surface area contributed by atoms with Crippen molar-refractivity contribution in [3.63, 3.8) is 0 Å². The molecule has 3 heteroatoms. The molecule has 3 nitrogen and oxygen atoms in total. The van der Waals surface area contributed by atoms with E-state index in [1.807, 2.05) is 18.2 Å². The third-order valence-electron chi connectivity index (χ3n) is 3.16. The lowest BCUT2D eigenvalue weighted by atomic mass is 9.86. The SMILES string of the molecule is CC(C)(C)OC(=O)[C@]1(C)Cc2ccccc2C1=O. The Morgan fingerprint density at radius 3 is 2.44 bits per heavy atom. The maximum absolute atomic E-state index is 12.3. The second-order valence-corrected chi connectivity index (χ2v) is 6.00. The third kappa shape index (κ3) is 2.05. The Bertz CT molecular complexity index is 511. The monoisotopic (exact) mass is 246 g/mol. The van der Waals surface area contributed by atoms with Crippen molar-refractivity contribution < 1.29 is 14.3 Å². The van der Waals surface area contributed by atoms with E-state index in [4.69, 9.17) is 4.74 Å². The van der Waals surface area contributed by atoms with Gasteiger partial charge in [0.1, 0.15) is 11.0 Å².